The van der Waals surface area contributed by atoms with E-state index < -0.39 is 0 Å². The van der Waals surface area contributed by atoms with E-state index in [4.69, 9.17) is 5.73 Å². The Kier molecular flexibility index (Phi) is 4.13. The number of phenolic OH excluding ortho intramolecular Hbond substituents is 1. The number of hydrogen-bond donors (Lipinski definition) is 2. The molecule has 1 fully saturated rings. The highest BCUT2D eigenvalue weighted by Crippen LogP contribution is 2.32. The summed E-state index contributed by atoms with van der Waals surface area (Å²) in [5.74, 6) is 2.15. The Labute approximate surface area is 130 Å². The van der Waals surface area contributed by atoms with Crippen LogP contribution in [0.1, 0.15) is 36.8 Å². The monoisotopic (exact) mass is 298 g/mol. The first-order valence-corrected chi connectivity index (χ1v) is 7.82. The number of anilines is 2. The molecule has 1 aliphatic heterocycles. The van der Waals surface area contributed by atoms with Gasteiger partial charge >= 0.3 is 0 Å². The Morgan fingerprint density at radius 1 is 1.32 bits per heavy atom. The second-order valence-electron chi connectivity index (χ2n) is 5.79. The number of aromatic nitrogens is 2. The number of nitrogen functional groups attached to an aromatic ring is 1. The fourth-order valence-corrected chi connectivity index (χ4v) is 3.14. The highest BCUT2D eigenvalue weighted by molar-refractivity contribution is 5.49. The molecule has 5 heteroatoms. The van der Waals surface area contributed by atoms with E-state index in [1.807, 2.05) is 18.3 Å². The summed E-state index contributed by atoms with van der Waals surface area (Å²) >= 11 is 0. The van der Waals surface area contributed by atoms with E-state index in [9.17, 15) is 5.11 Å². The molecule has 0 bridgehead atoms. The fraction of sp³-hybridized carbons (Fsp3) is 0.412. The van der Waals surface area contributed by atoms with E-state index >= 15 is 0 Å². The van der Waals surface area contributed by atoms with Crippen molar-refractivity contribution in [2.24, 2.45) is 0 Å². The minimum atomic E-state index is 0.335. The van der Waals surface area contributed by atoms with Crippen LogP contribution < -0.4 is 10.6 Å². The molecule has 116 valence electrons. The molecule has 0 amide bonds. The van der Waals surface area contributed by atoms with Crippen LogP contribution in [0.15, 0.2) is 30.5 Å². The van der Waals surface area contributed by atoms with E-state index in [1.54, 1.807) is 6.07 Å². The molecule has 2 aromatic rings. The fourth-order valence-electron chi connectivity index (χ4n) is 3.14. The molecule has 0 saturated carbocycles. The first kappa shape index (κ1) is 14.6. The topological polar surface area (TPSA) is 75.3 Å². The molecule has 1 saturated heterocycles. The highest BCUT2D eigenvalue weighted by Gasteiger charge is 2.23. The van der Waals surface area contributed by atoms with Gasteiger partial charge in [-0.3, -0.25) is 0 Å². The lowest BCUT2D eigenvalue weighted by Crippen LogP contribution is -2.34. The second kappa shape index (κ2) is 6.22. The molecule has 0 atom stereocenters. The molecular weight excluding hydrogens is 276 g/mol. The summed E-state index contributed by atoms with van der Waals surface area (Å²) < 4.78 is 0. The molecule has 3 N–H and O–H groups in total. The zero-order valence-electron chi connectivity index (χ0n) is 12.9. The molecule has 1 aromatic carbocycles. The molecule has 22 heavy (non-hydrogen) atoms. The maximum atomic E-state index is 9.63. The van der Waals surface area contributed by atoms with Crippen molar-refractivity contribution in [2.75, 3.05) is 23.7 Å². The van der Waals surface area contributed by atoms with E-state index in [0.717, 1.165) is 43.7 Å². The van der Waals surface area contributed by atoms with Crippen LogP contribution in [0.25, 0.3) is 0 Å². The van der Waals surface area contributed by atoms with Gasteiger partial charge in [0.25, 0.3) is 0 Å². The summed E-state index contributed by atoms with van der Waals surface area (Å²) in [4.78, 5) is 10.8. The first-order valence-electron chi connectivity index (χ1n) is 7.82. The van der Waals surface area contributed by atoms with Crippen LogP contribution in [0.4, 0.5) is 11.8 Å². The summed E-state index contributed by atoms with van der Waals surface area (Å²) in [6.45, 7) is 4.01. The third kappa shape index (κ3) is 2.98. The largest absolute Gasteiger partial charge is 0.508 e. The Morgan fingerprint density at radius 3 is 2.77 bits per heavy atom. The van der Waals surface area contributed by atoms with Crippen LogP contribution in [0, 0.1) is 0 Å². The molecule has 0 unspecified atom stereocenters. The minimum absolute atomic E-state index is 0.335. The number of nitrogens with two attached hydrogens (primary N) is 1. The summed E-state index contributed by atoms with van der Waals surface area (Å²) in [5, 5.41) is 9.63. The van der Waals surface area contributed by atoms with Gasteiger partial charge in [-0.2, -0.15) is 4.98 Å². The number of aromatic hydroxyl groups is 1. The van der Waals surface area contributed by atoms with E-state index in [1.165, 1.54) is 5.56 Å². The van der Waals surface area contributed by atoms with Gasteiger partial charge < -0.3 is 15.7 Å². The average molecular weight is 298 g/mol. The van der Waals surface area contributed by atoms with Crippen molar-refractivity contribution in [1.82, 2.24) is 9.97 Å². The smallest absolute Gasteiger partial charge is 0.221 e. The third-order valence-electron chi connectivity index (χ3n) is 4.38. The average Bonchev–Trinajstić information content (AvgIpc) is 2.55. The van der Waals surface area contributed by atoms with Crippen LogP contribution in [0.5, 0.6) is 5.75 Å². The van der Waals surface area contributed by atoms with E-state index in [0.29, 0.717) is 17.6 Å². The predicted octanol–water partition coefficient (Wildman–Crippen LogP) is 2.71. The maximum absolute atomic E-state index is 9.63. The van der Waals surface area contributed by atoms with Crippen LogP contribution in [0.2, 0.25) is 0 Å². The molecule has 5 nitrogen and oxygen atoms in total. The Bertz CT molecular complexity index is 651. The van der Waals surface area contributed by atoms with Crippen LogP contribution in [0.3, 0.4) is 0 Å². The lowest BCUT2D eigenvalue weighted by Gasteiger charge is -2.34. The van der Waals surface area contributed by atoms with Gasteiger partial charge in [-0.05, 0) is 42.9 Å². The standard InChI is InChI=1S/C17H22N4O/c1-2-12-11-19-17(18)20-16(12)21-8-6-13(7-9-21)14-4-3-5-15(22)10-14/h3-5,10-11,13,22H,2,6-9H2,1H3,(H2,18,19,20). The van der Waals surface area contributed by atoms with E-state index in [2.05, 4.69) is 27.9 Å². The van der Waals surface area contributed by atoms with Crippen molar-refractivity contribution in [3.05, 3.63) is 41.6 Å². The maximum Gasteiger partial charge on any atom is 0.221 e. The number of hydrogen-bond acceptors (Lipinski definition) is 5. The van der Waals surface area contributed by atoms with Gasteiger partial charge in [0, 0.05) is 24.8 Å². The van der Waals surface area contributed by atoms with Gasteiger partial charge in [-0.25, -0.2) is 4.98 Å². The van der Waals surface area contributed by atoms with Crippen molar-refractivity contribution in [3.63, 3.8) is 0 Å². The lowest BCUT2D eigenvalue weighted by atomic mass is 9.89. The second-order valence-corrected chi connectivity index (χ2v) is 5.79. The number of benzene rings is 1. The Balaban J connectivity index is 1.73. The summed E-state index contributed by atoms with van der Waals surface area (Å²) in [7, 11) is 0. The van der Waals surface area contributed by atoms with Gasteiger partial charge in [0.1, 0.15) is 11.6 Å². The van der Waals surface area contributed by atoms with Gasteiger partial charge in [0.15, 0.2) is 0 Å². The van der Waals surface area contributed by atoms with Gasteiger partial charge in [0.05, 0.1) is 0 Å². The molecule has 1 aromatic heterocycles. The number of rotatable bonds is 3. The van der Waals surface area contributed by atoms with Crippen molar-refractivity contribution in [1.29, 1.82) is 0 Å². The molecular formula is C17H22N4O. The zero-order valence-corrected chi connectivity index (χ0v) is 12.9. The lowest BCUT2D eigenvalue weighted by molar-refractivity contribution is 0.468. The molecule has 2 heterocycles. The quantitative estimate of drug-likeness (QED) is 0.911. The number of aryl methyl sites for hydroxylation is 1. The first-order chi connectivity index (χ1) is 10.7. The van der Waals surface area contributed by atoms with Crippen molar-refractivity contribution in [3.8, 4) is 5.75 Å². The molecule has 1 aliphatic rings. The van der Waals surface area contributed by atoms with Crippen molar-refractivity contribution >= 4 is 11.8 Å². The number of phenols is 1. The van der Waals surface area contributed by atoms with Gasteiger partial charge in [0.2, 0.25) is 5.95 Å². The normalized spacial score (nSPS) is 16.0. The summed E-state index contributed by atoms with van der Waals surface area (Å²) in [6, 6.07) is 7.60. The summed E-state index contributed by atoms with van der Waals surface area (Å²) in [6.07, 6.45) is 4.84. The molecule has 3 rings (SSSR count). The van der Waals surface area contributed by atoms with Crippen LogP contribution in [-0.2, 0) is 6.42 Å². The Morgan fingerprint density at radius 2 is 2.09 bits per heavy atom. The summed E-state index contributed by atoms with van der Waals surface area (Å²) in [5.41, 5.74) is 8.11. The molecule has 0 spiro atoms. The van der Waals surface area contributed by atoms with E-state index in [-0.39, 0.29) is 0 Å². The van der Waals surface area contributed by atoms with Crippen LogP contribution >= 0.6 is 0 Å². The SMILES string of the molecule is CCc1cnc(N)nc1N1CCC(c2cccc(O)c2)CC1. The predicted molar refractivity (Wildman–Crippen MR) is 88.1 cm³/mol. The number of piperidine rings is 1. The Hall–Kier alpha value is -2.30. The highest BCUT2D eigenvalue weighted by atomic mass is 16.3. The molecule has 0 aliphatic carbocycles. The van der Waals surface area contributed by atoms with Gasteiger partial charge in [-0.15, -0.1) is 0 Å². The van der Waals surface area contributed by atoms with Crippen LogP contribution in [-0.4, -0.2) is 28.2 Å². The van der Waals surface area contributed by atoms with Gasteiger partial charge in [-0.1, -0.05) is 19.1 Å². The minimum Gasteiger partial charge on any atom is -0.508 e. The number of nitrogens with zero attached hydrogens (tertiary/aromatic N) is 3. The van der Waals surface area contributed by atoms with Crippen molar-refractivity contribution in [2.45, 2.75) is 32.1 Å². The zero-order chi connectivity index (χ0) is 15.5. The molecule has 0 radical (unpaired) electrons. The van der Waals surface area contributed by atoms with Crippen molar-refractivity contribution < 1.29 is 5.11 Å². The third-order valence-corrected chi connectivity index (χ3v) is 4.38.